The van der Waals surface area contributed by atoms with Gasteiger partial charge < -0.3 is 24.4 Å². The van der Waals surface area contributed by atoms with Gasteiger partial charge in [0, 0.05) is 50.2 Å². The molecule has 1 aromatic carbocycles. The summed E-state index contributed by atoms with van der Waals surface area (Å²) in [6.07, 6.45) is 5.12. The third kappa shape index (κ3) is 4.27. The summed E-state index contributed by atoms with van der Waals surface area (Å²) in [5.74, 6) is 2.16. The number of halogens is 1. The second kappa shape index (κ2) is 9.06. The molecule has 182 valence electrons. The van der Waals surface area contributed by atoms with Crippen LogP contribution in [0.15, 0.2) is 18.2 Å². The molecular formula is C26H33FN4O3. The number of likely N-dealkylation sites (tertiary alicyclic amines) is 1. The van der Waals surface area contributed by atoms with Crippen LogP contribution in [-0.2, 0) is 15.9 Å². The van der Waals surface area contributed by atoms with Gasteiger partial charge in [-0.25, -0.2) is 4.39 Å². The predicted molar refractivity (Wildman–Crippen MR) is 127 cm³/mol. The van der Waals surface area contributed by atoms with Crippen LogP contribution in [0.1, 0.15) is 60.8 Å². The summed E-state index contributed by atoms with van der Waals surface area (Å²) in [5.41, 5.74) is 5.38. The Balaban J connectivity index is 1.39. The smallest absolute Gasteiger partial charge is 0.188 e. The third-order valence-electron chi connectivity index (χ3n) is 7.54. The van der Waals surface area contributed by atoms with Crippen LogP contribution in [0.5, 0.6) is 5.75 Å². The van der Waals surface area contributed by atoms with Crippen LogP contribution in [0.3, 0.4) is 0 Å². The maximum Gasteiger partial charge on any atom is 0.188 e. The van der Waals surface area contributed by atoms with Crippen molar-refractivity contribution in [1.82, 2.24) is 15.1 Å². The lowest BCUT2D eigenvalue weighted by molar-refractivity contribution is 0.0324. The molecule has 2 saturated heterocycles. The lowest BCUT2D eigenvalue weighted by Crippen LogP contribution is -2.45. The number of benzene rings is 1. The summed E-state index contributed by atoms with van der Waals surface area (Å²) in [6.45, 7) is 1.45. The van der Waals surface area contributed by atoms with Crippen molar-refractivity contribution in [3.8, 4) is 17.0 Å². The first-order valence-corrected chi connectivity index (χ1v) is 12.5. The molecule has 2 aromatic rings. The van der Waals surface area contributed by atoms with Gasteiger partial charge in [-0.2, -0.15) is 0 Å². The van der Waals surface area contributed by atoms with E-state index >= 15 is 0 Å². The molecule has 1 saturated carbocycles. The Morgan fingerprint density at radius 1 is 1.18 bits per heavy atom. The average Bonchev–Trinajstić information content (AvgIpc) is 3.60. The van der Waals surface area contributed by atoms with E-state index in [9.17, 15) is 4.39 Å². The van der Waals surface area contributed by atoms with Crippen molar-refractivity contribution in [2.24, 2.45) is 0 Å². The molecule has 4 aliphatic rings. The van der Waals surface area contributed by atoms with Gasteiger partial charge in [-0.3, -0.25) is 0 Å². The summed E-state index contributed by atoms with van der Waals surface area (Å²) in [4.78, 5) is 2.03. The van der Waals surface area contributed by atoms with Gasteiger partial charge in [0.2, 0.25) is 0 Å². The molecule has 1 aliphatic carbocycles. The van der Waals surface area contributed by atoms with E-state index in [4.69, 9.17) is 19.3 Å². The number of methoxy groups -OCH3 is 1. The average molecular weight is 469 g/mol. The maximum absolute atomic E-state index is 14.2. The van der Waals surface area contributed by atoms with Crippen molar-refractivity contribution in [2.75, 3.05) is 39.4 Å². The van der Waals surface area contributed by atoms with Crippen molar-refractivity contribution < 1.29 is 18.6 Å². The first-order valence-electron chi connectivity index (χ1n) is 12.5. The summed E-state index contributed by atoms with van der Waals surface area (Å²) >= 11 is 0. The minimum Gasteiger partial charge on any atom is -0.467 e. The Bertz CT molecular complexity index is 1050. The largest absolute Gasteiger partial charge is 0.467 e. The highest BCUT2D eigenvalue weighted by atomic mass is 19.1. The van der Waals surface area contributed by atoms with Gasteiger partial charge in [0.05, 0.1) is 12.2 Å². The second-order valence-electron chi connectivity index (χ2n) is 10.3. The van der Waals surface area contributed by atoms with Crippen molar-refractivity contribution in [3.05, 3.63) is 34.9 Å². The molecule has 0 spiro atoms. The van der Waals surface area contributed by atoms with Crippen LogP contribution in [-0.4, -0.2) is 67.5 Å². The Morgan fingerprint density at radius 2 is 2.06 bits per heavy atom. The number of ether oxygens (including phenoxy) is 3. The van der Waals surface area contributed by atoms with Crippen molar-refractivity contribution >= 4 is 5.82 Å². The summed E-state index contributed by atoms with van der Waals surface area (Å²) in [7, 11) is 3.59. The lowest BCUT2D eigenvalue weighted by Gasteiger charge is -2.34. The zero-order valence-corrected chi connectivity index (χ0v) is 19.9. The molecule has 3 fully saturated rings. The Hall–Kier alpha value is -2.29. The lowest BCUT2D eigenvalue weighted by atomic mass is 9.93. The highest BCUT2D eigenvalue weighted by Crippen LogP contribution is 2.48. The fourth-order valence-electron chi connectivity index (χ4n) is 5.85. The number of hydrogen-bond acceptors (Lipinski definition) is 7. The summed E-state index contributed by atoms with van der Waals surface area (Å²) in [6, 6.07) is 6.45. The number of hydrogen-bond donors (Lipinski definition) is 1. The van der Waals surface area contributed by atoms with Gasteiger partial charge in [0.15, 0.2) is 12.6 Å². The molecular weight excluding hydrogens is 435 g/mol. The zero-order valence-electron chi connectivity index (χ0n) is 19.9. The highest BCUT2D eigenvalue weighted by Gasteiger charge is 2.39. The molecule has 7 nitrogen and oxygen atoms in total. The number of piperidine rings is 1. The zero-order chi connectivity index (χ0) is 23.2. The molecule has 2 bridgehead atoms. The molecule has 3 aliphatic heterocycles. The normalized spacial score (nSPS) is 28.6. The van der Waals surface area contributed by atoms with Gasteiger partial charge >= 0.3 is 0 Å². The van der Waals surface area contributed by atoms with E-state index in [1.807, 2.05) is 11.9 Å². The summed E-state index contributed by atoms with van der Waals surface area (Å²) < 4.78 is 31.7. The number of likely N-dealkylation sites (N-methyl/N-ethyl adjacent to an activating group) is 1. The van der Waals surface area contributed by atoms with Crippen LogP contribution >= 0.6 is 0 Å². The van der Waals surface area contributed by atoms with Crippen LogP contribution in [0.25, 0.3) is 11.3 Å². The molecule has 0 amide bonds. The van der Waals surface area contributed by atoms with Crippen molar-refractivity contribution in [3.63, 3.8) is 0 Å². The van der Waals surface area contributed by atoms with Crippen LogP contribution in [0, 0.1) is 0 Å². The topological polar surface area (TPSA) is 68.7 Å². The minimum absolute atomic E-state index is 0.00192. The van der Waals surface area contributed by atoms with E-state index in [0.717, 1.165) is 54.2 Å². The number of rotatable bonds is 7. The fourth-order valence-corrected chi connectivity index (χ4v) is 5.85. The fraction of sp³-hybridized carbons (Fsp3) is 0.615. The highest BCUT2D eigenvalue weighted by molar-refractivity contribution is 5.74. The van der Waals surface area contributed by atoms with Gasteiger partial charge in [0.25, 0.3) is 0 Å². The molecule has 1 aromatic heterocycles. The Kier molecular flexibility index (Phi) is 5.91. The van der Waals surface area contributed by atoms with E-state index in [1.54, 1.807) is 7.11 Å². The van der Waals surface area contributed by atoms with E-state index in [0.29, 0.717) is 18.9 Å². The third-order valence-corrected chi connectivity index (χ3v) is 7.54. The van der Waals surface area contributed by atoms with E-state index in [1.165, 1.54) is 24.0 Å². The minimum atomic E-state index is -0.836. The number of fused-ring (bicyclic) bond motifs is 4. The SMILES string of the molecule is COCOc1cc(C2CC2)ccc1-c1nnc(N[C@@H]2C[C@@H](F)CN(C)C2)c2c1CC1CCC2O1. The van der Waals surface area contributed by atoms with Crippen molar-refractivity contribution in [2.45, 2.75) is 68.9 Å². The van der Waals surface area contributed by atoms with E-state index in [2.05, 4.69) is 28.6 Å². The number of aromatic nitrogens is 2. The van der Waals surface area contributed by atoms with E-state index < -0.39 is 6.17 Å². The van der Waals surface area contributed by atoms with E-state index in [-0.39, 0.29) is 25.0 Å². The molecule has 4 atom stereocenters. The van der Waals surface area contributed by atoms with Crippen LogP contribution < -0.4 is 10.1 Å². The van der Waals surface area contributed by atoms with Gasteiger partial charge in [-0.1, -0.05) is 6.07 Å². The Labute approximate surface area is 200 Å². The number of alkyl halides is 1. The monoisotopic (exact) mass is 468 g/mol. The standard InChI is InChI=1S/C26H33FN4O3/c1-31-12-17(27)10-18(13-31)28-26-24-21(11-19-6-8-22(24)34-19)25(29-30-26)20-7-5-16(15-3-4-15)9-23(20)33-14-32-2/h5,7,9,15,17-19,22H,3-4,6,8,10-14H2,1-2H3,(H,28,30)/t17-,18-,19?,22?/m1/s1. The molecule has 6 rings (SSSR count). The molecule has 0 radical (unpaired) electrons. The molecule has 1 N–H and O–H groups in total. The van der Waals surface area contributed by atoms with Gasteiger partial charge in [0.1, 0.15) is 17.6 Å². The molecule has 2 unspecified atom stereocenters. The molecule has 4 heterocycles. The first-order chi connectivity index (χ1) is 16.6. The van der Waals surface area contributed by atoms with Gasteiger partial charge in [-0.05, 0) is 61.9 Å². The maximum atomic E-state index is 14.2. The number of nitrogens with one attached hydrogen (secondary N) is 1. The van der Waals surface area contributed by atoms with Gasteiger partial charge in [-0.15, -0.1) is 10.2 Å². The first kappa shape index (κ1) is 22.2. The molecule has 8 heteroatoms. The molecule has 34 heavy (non-hydrogen) atoms. The summed E-state index contributed by atoms with van der Waals surface area (Å²) in [5, 5.41) is 12.9. The van der Waals surface area contributed by atoms with Crippen molar-refractivity contribution in [1.29, 1.82) is 0 Å². The number of anilines is 1. The second-order valence-corrected chi connectivity index (χ2v) is 10.3. The quantitative estimate of drug-likeness (QED) is 0.610. The Morgan fingerprint density at radius 3 is 2.85 bits per heavy atom. The predicted octanol–water partition coefficient (Wildman–Crippen LogP) is 4.23. The number of nitrogens with zero attached hydrogens (tertiary/aromatic N) is 3. The van der Waals surface area contributed by atoms with Crippen LogP contribution in [0.4, 0.5) is 10.2 Å². The van der Waals surface area contributed by atoms with Crippen LogP contribution in [0.2, 0.25) is 0 Å².